The molecule has 0 unspecified atom stereocenters. The van der Waals surface area contributed by atoms with E-state index < -0.39 is 0 Å². The van der Waals surface area contributed by atoms with E-state index in [1.807, 2.05) is 6.92 Å². The number of nitro groups is 1. The first-order valence-electron chi connectivity index (χ1n) is 6.43. The highest BCUT2D eigenvalue weighted by Crippen LogP contribution is 2.35. The van der Waals surface area contributed by atoms with Crippen LogP contribution in [0.15, 0.2) is 12.1 Å². The molecule has 3 rings (SSSR count). The van der Waals surface area contributed by atoms with Crippen molar-refractivity contribution in [2.45, 2.75) is 26.2 Å². The van der Waals surface area contributed by atoms with Crippen molar-refractivity contribution in [3.63, 3.8) is 0 Å². The molecule has 1 saturated carbocycles. The van der Waals surface area contributed by atoms with Gasteiger partial charge in [-0.1, -0.05) is 12.8 Å². The number of fused-ring (bicyclic) bond motifs is 1. The van der Waals surface area contributed by atoms with Crippen LogP contribution in [-0.4, -0.2) is 16.5 Å². The molecule has 0 spiro atoms. The van der Waals surface area contributed by atoms with Crippen molar-refractivity contribution in [3.05, 3.63) is 27.3 Å². The number of anilines is 1. The molecule has 19 heavy (non-hydrogen) atoms. The molecule has 0 aliphatic heterocycles. The van der Waals surface area contributed by atoms with Gasteiger partial charge < -0.3 is 5.32 Å². The molecule has 2 aromatic rings. The lowest BCUT2D eigenvalue weighted by atomic mass is 10.2. The number of hydrogen-bond donors (Lipinski definition) is 1. The van der Waals surface area contributed by atoms with Gasteiger partial charge in [-0.2, -0.15) is 0 Å². The van der Waals surface area contributed by atoms with Crippen molar-refractivity contribution in [3.8, 4) is 0 Å². The molecule has 1 N–H and O–H groups in total. The van der Waals surface area contributed by atoms with Crippen LogP contribution in [-0.2, 0) is 0 Å². The molecule has 0 radical (unpaired) electrons. The van der Waals surface area contributed by atoms with E-state index in [1.165, 1.54) is 24.2 Å². The molecule has 0 bridgehead atoms. The van der Waals surface area contributed by atoms with Crippen molar-refractivity contribution in [2.75, 3.05) is 11.9 Å². The van der Waals surface area contributed by atoms with E-state index in [-0.39, 0.29) is 10.6 Å². The molecule has 0 atom stereocenters. The lowest BCUT2D eigenvalue weighted by molar-refractivity contribution is -0.383. The number of nitrogens with one attached hydrogen (secondary N) is 1. The van der Waals surface area contributed by atoms with Gasteiger partial charge in [-0.3, -0.25) is 10.1 Å². The van der Waals surface area contributed by atoms with Crippen LogP contribution in [0.4, 0.5) is 11.4 Å². The summed E-state index contributed by atoms with van der Waals surface area (Å²) < 4.78 is 0.872. The van der Waals surface area contributed by atoms with Crippen molar-refractivity contribution in [1.82, 2.24) is 4.98 Å². The van der Waals surface area contributed by atoms with Crippen LogP contribution in [0.25, 0.3) is 10.2 Å². The fraction of sp³-hybridized carbons (Fsp3) is 0.462. The van der Waals surface area contributed by atoms with E-state index in [0.29, 0.717) is 5.69 Å². The fourth-order valence-corrected chi connectivity index (χ4v) is 3.03. The number of nitro benzene ring substituents is 1. The first-order valence-corrected chi connectivity index (χ1v) is 7.24. The molecule has 5 nitrogen and oxygen atoms in total. The maximum atomic E-state index is 11.1. The van der Waals surface area contributed by atoms with E-state index in [0.717, 1.165) is 34.1 Å². The van der Waals surface area contributed by atoms with Gasteiger partial charge >= 0.3 is 0 Å². The van der Waals surface area contributed by atoms with Crippen molar-refractivity contribution < 1.29 is 4.92 Å². The van der Waals surface area contributed by atoms with Gasteiger partial charge in [0.15, 0.2) is 0 Å². The standard InChI is InChI=1S/C13H15N3O2S/c1-8-15-11-6-10(14-5-4-9-2-3-9)12(16(17)18)7-13(11)19-8/h6-7,9,14H,2-5H2,1H3. The van der Waals surface area contributed by atoms with Crippen LogP contribution in [0.2, 0.25) is 0 Å². The van der Waals surface area contributed by atoms with Gasteiger partial charge in [0.2, 0.25) is 0 Å². The summed E-state index contributed by atoms with van der Waals surface area (Å²) in [4.78, 5) is 15.2. The summed E-state index contributed by atoms with van der Waals surface area (Å²) in [6.45, 7) is 2.71. The maximum Gasteiger partial charge on any atom is 0.293 e. The monoisotopic (exact) mass is 277 g/mol. The maximum absolute atomic E-state index is 11.1. The van der Waals surface area contributed by atoms with E-state index in [2.05, 4.69) is 10.3 Å². The second kappa shape index (κ2) is 4.77. The Labute approximate surface area is 114 Å². The first kappa shape index (κ1) is 12.3. The lowest BCUT2D eigenvalue weighted by Gasteiger charge is -2.06. The second-order valence-electron chi connectivity index (χ2n) is 4.99. The highest BCUT2D eigenvalue weighted by molar-refractivity contribution is 7.18. The molecule has 1 fully saturated rings. The number of aromatic nitrogens is 1. The number of thiazole rings is 1. The molecule has 1 aliphatic carbocycles. The number of benzene rings is 1. The summed E-state index contributed by atoms with van der Waals surface area (Å²) in [5.74, 6) is 0.816. The normalized spacial score (nSPS) is 14.8. The quantitative estimate of drug-likeness (QED) is 0.668. The van der Waals surface area contributed by atoms with Crippen LogP contribution in [0.1, 0.15) is 24.3 Å². The minimum absolute atomic E-state index is 0.145. The number of hydrogen-bond acceptors (Lipinski definition) is 5. The van der Waals surface area contributed by atoms with Crippen LogP contribution in [0.5, 0.6) is 0 Å². The molecule has 1 heterocycles. The van der Waals surface area contributed by atoms with Gasteiger partial charge in [0.05, 0.1) is 20.1 Å². The predicted molar refractivity (Wildman–Crippen MR) is 76.8 cm³/mol. The van der Waals surface area contributed by atoms with Gasteiger partial charge in [-0.25, -0.2) is 4.98 Å². The van der Waals surface area contributed by atoms with Gasteiger partial charge in [0.25, 0.3) is 5.69 Å². The predicted octanol–water partition coefficient (Wildman–Crippen LogP) is 3.72. The third kappa shape index (κ3) is 2.68. The smallest absolute Gasteiger partial charge is 0.293 e. The number of nitrogens with zero attached hydrogens (tertiary/aromatic N) is 2. The van der Waals surface area contributed by atoms with E-state index in [4.69, 9.17) is 0 Å². The minimum Gasteiger partial charge on any atom is -0.379 e. The molecule has 0 amide bonds. The Kier molecular flexibility index (Phi) is 3.10. The molecule has 6 heteroatoms. The summed E-state index contributed by atoms with van der Waals surface area (Å²) in [5.41, 5.74) is 1.57. The first-order chi connectivity index (χ1) is 9.13. The Morgan fingerprint density at radius 2 is 2.32 bits per heavy atom. The lowest BCUT2D eigenvalue weighted by Crippen LogP contribution is -2.04. The Balaban J connectivity index is 1.89. The highest BCUT2D eigenvalue weighted by Gasteiger charge is 2.21. The van der Waals surface area contributed by atoms with Crippen LogP contribution < -0.4 is 5.32 Å². The fourth-order valence-electron chi connectivity index (χ4n) is 2.19. The van der Waals surface area contributed by atoms with E-state index >= 15 is 0 Å². The van der Waals surface area contributed by atoms with E-state index in [9.17, 15) is 10.1 Å². The summed E-state index contributed by atoms with van der Waals surface area (Å²) in [7, 11) is 0. The average molecular weight is 277 g/mol. The van der Waals surface area contributed by atoms with Gasteiger partial charge in [-0.05, 0) is 25.3 Å². The molecular weight excluding hydrogens is 262 g/mol. The zero-order valence-electron chi connectivity index (χ0n) is 10.7. The molecular formula is C13H15N3O2S. The third-order valence-corrected chi connectivity index (χ3v) is 4.31. The zero-order chi connectivity index (χ0) is 13.4. The van der Waals surface area contributed by atoms with Crippen LogP contribution in [0, 0.1) is 23.0 Å². The largest absolute Gasteiger partial charge is 0.379 e. The van der Waals surface area contributed by atoms with Gasteiger partial charge in [0.1, 0.15) is 5.69 Å². The molecule has 0 saturated heterocycles. The van der Waals surface area contributed by atoms with Gasteiger partial charge in [-0.15, -0.1) is 11.3 Å². The molecule has 100 valence electrons. The van der Waals surface area contributed by atoms with Crippen LogP contribution >= 0.6 is 11.3 Å². The second-order valence-corrected chi connectivity index (χ2v) is 6.22. The Morgan fingerprint density at radius 1 is 1.53 bits per heavy atom. The Hall–Kier alpha value is -1.69. The summed E-state index contributed by atoms with van der Waals surface area (Å²) in [5, 5.41) is 15.3. The highest BCUT2D eigenvalue weighted by atomic mass is 32.1. The SMILES string of the molecule is Cc1nc2cc(NCCC3CC3)c([N+](=O)[O-])cc2s1. The number of aryl methyl sites for hydroxylation is 1. The average Bonchev–Trinajstić information content (AvgIpc) is 3.09. The van der Waals surface area contributed by atoms with Gasteiger partial charge in [0, 0.05) is 12.6 Å². The zero-order valence-corrected chi connectivity index (χ0v) is 11.5. The number of rotatable bonds is 5. The van der Waals surface area contributed by atoms with Crippen molar-refractivity contribution in [2.24, 2.45) is 5.92 Å². The topological polar surface area (TPSA) is 68.1 Å². The molecule has 1 aliphatic rings. The van der Waals surface area contributed by atoms with Crippen LogP contribution in [0.3, 0.4) is 0 Å². The Bertz CT molecular complexity index is 634. The summed E-state index contributed by atoms with van der Waals surface area (Å²) in [6, 6.07) is 3.42. The third-order valence-electron chi connectivity index (χ3n) is 3.37. The van der Waals surface area contributed by atoms with Crippen molar-refractivity contribution in [1.29, 1.82) is 0 Å². The molecule has 1 aromatic carbocycles. The minimum atomic E-state index is -0.325. The Morgan fingerprint density at radius 3 is 3.00 bits per heavy atom. The van der Waals surface area contributed by atoms with Crippen molar-refractivity contribution >= 4 is 32.9 Å². The summed E-state index contributed by atoms with van der Waals surface area (Å²) in [6.07, 6.45) is 3.69. The van der Waals surface area contributed by atoms with E-state index in [1.54, 1.807) is 12.1 Å². The summed E-state index contributed by atoms with van der Waals surface area (Å²) >= 11 is 1.49. The molecule has 1 aromatic heterocycles.